The number of rotatable bonds is 3. The van der Waals surface area contributed by atoms with Crippen molar-refractivity contribution in [3.8, 4) is 0 Å². The zero-order chi connectivity index (χ0) is 25.7. The number of aliphatic imine (C=N–C) groups is 1. The molecular formula is C29H29Cl2N3O2. The standard InChI is InChI=1S/C16H13ClN2O.C13H16ClNO/c1-19-14-8-7-12(17)9-13(14)16(18-10-15(19)20)11-5-3-2-4-6-11;1-15-13(9-5-4-8-12(13)16)10-6-2-3-7-11(10)14/h2-9H,10H2,1H3;2-3,6-7,15H,4-5,8-9H2,1H3. The fourth-order valence-corrected chi connectivity index (χ4v) is 5.29. The highest BCUT2D eigenvalue weighted by Crippen LogP contribution is 2.37. The molecule has 0 radical (unpaired) electrons. The Morgan fingerprint density at radius 3 is 2.36 bits per heavy atom. The molecule has 36 heavy (non-hydrogen) atoms. The molecule has 5 rings (SSSR count). The second kappa shape index (κ2) is 11.4. The van der Waals surface area contributed by atoms with Gasteiger partial charge in [-0.2, -0.15) is 0 Å². The number of nitrogens with zero attached hydrogens (tertiary/aromatic N) is 2. The second-order valence-corrected chi connectivity index (χ2v) is 9.75. The molecule has 1 amide bonds. The van der Waals surface area contributed by atoms with Crippen molar-refractivity contribution in [3.05, 3.63) is 99.5 Å². The first-order chi connectivity index (χ1) is 17.4. The fraction of sp³-hybridized carbons (Fsp3) is 0.276. The first-order valence-electron chi connectivity index (χ1n) is 12.0. The third-order valence-electron chi connectivity index (χ3n) is 6.81. The summed E-state index contributed by atoms with van der Waals surface area (Å²) in [6.45, 7) is 0.146. The zero-order valence-electron chi connectivity index (χ0n) is 20.4. The van der Waals surface area contributed by atoms with Gasteiger partial charge in [-0.25, -0.2) is 0 Å². The van der Waals surface area contributed by atoms with E-state index in [2.05, 4.69) is 10.3 Å². The Morgan fingerprint density at radius 2 is 1.67 bits per heavy atom. The Kier molecular flexibility index (Phi) is 8.24. The van der Waals surface area contributed by atoms with Crippen LogP contribution in [-0.4, -0.2) is 38.0 Å². The van der Waals surface area contributed by atoms with Gasteiger partial charge in [0.1, 0.15) is 12.1 Å². The van der Waals surface area contributed by atoms with Crippen LogP contribution in [0.4, 0.5) is 5.69 Å². The maximum absolute atomic E-state index is 12.2. The van der Waals surface area contributed by atoms with Crippen molar-refractivity contribution >= 4 is 46.3 Å². The summed E-state index contributed by atoms with van der Waals surface area (Å²) >= 11 is 12.3. The molecule has 186 valence electrons. The number of carbonyl (C=O) groups is 2. The molecule has 3 aromatic rings. The number of amides is 1. The van der Waals surface area contributed by atoms with Gasteiger partial charge in [0.15, 0.2) is 5.78 Å². The van der Waals surface area contributed by atoms with Gasteiger partial charge in [0.25, 0.3) is 0 Å². The van der Waals surface area contributed by atoms with Crippen LogP contribution >= 0.6 is 23.2 Å². The van der Waals surface area contributed by atoms with Crippen LogP contribution in [0, 0.1) is 0 Å². The minimum atomic E-state index is -0.559. The van der Waals surface area contributed by atoms with Crippen LogP contribution in [0.3, 0.4) is 0 Å². The molecule has 1 saturated carbocycles. The number of benzene rings is 3. The molecule has 1 aliphatic heterocycles. The smallest absolute Gasteiger partial charge is 0.248 e. The lowest BCUT2D eigenvalue weighted by Gasteiger charge is -2.36. The number of fused-ring (bicyclic) bond motifs is 1. The lowest BCUT2D eigenvalue weighted by molar-refractivity contribution is -0.127. The molecule has 0 bridgehead atoms. The van der Waals surface area contributed by atoms with E-state index in [9.17, 15) is 9.59 Å². The van der Waals surface area contributed by atoms with E-state index in [0.717, 1.165) is 47.4 Å². The van der Waals surface area contributed by atoms with E-state index < -0.39 is 5.54 Å². The van der Waals surface area contributed by atoms with E-state index in [1.165, 1.54) is 0 Å². The molecule has 1 aliphatic carbocycles. The number of benzodiazepines with no additional fused rings is 1. The normalized spacial score (nSPS) is 19.6. The molecule has 5 nitrogen and oxygen atoms in total. The topological polar surface area (TPSA) is 61.8 Å². The Balaban J connectivity index is 0.000000174. The van der Waals surface area contributed by atoms with Gasteiger partial charge in [0, 0.05) is 34.6 Å². The van der Waals surface area contributed by atoms with Crippen LogP contribution < -0.4 is 10.2 Å². The molecule has 0 aromatic heterocycles. The van der Waals surface area contributed by atoms with Crippen LogP contribution in [0.2, 0.25) is 10.0 Å². The lowest BCUT2D eigenvalue weighted by atomic mass is 9.75. The SMILES string of the molecule is CN1C(=O)CN=C(c2ccccc2)c2cc(Cl)ccc21.CNC1(c2ccccc2Cl)CCCCC1=O. The number of ketones is 1. The van der Waals surface area contributed by atoms with Gasteiger partial charge in [-0.3, -0.25) is 14.6 Å². The second-order valence-electron chi connectivity index (χ2n) is 8.91. The number of halogens is 2. The van der Waals surface area contributed by atoms with Gasteiger partial charge in [-0.1, -0.05) is 78.2 Å². The number of carbonyl (C=O) groups excluding carboxylic acids is 2. The average molecular weight is 522 g/mol. The van der Waals surface area contributed by atoms with E-state index in [0.29, 0.717) is 16.5 Å². The van der Waals surface area contributed by atoms with E-state index in [1.54, 1.807) is 18.0 Å². The zero-order valence-corrected chi connectivity index (χ0v) is 21.9. The minimum absolute atomic E-state index is 0.0282. The molecular weight excluding hydrogens is 493 g/mol. The van der Waals surface area contributed by atoms with Gasteiger partial charge in [0.2, 0.25) is 5.91 Å². The summed E-state index contributed by atoms with van der Waals surface area (Å²) in [4.78, 5) is 30.3. The Bertz CT molecular complexity index is 1290. The third-order valence-corrected chi connectivity index (χ3v) is 7.38. The molecule has 7 heteroatoms. The van der Waals surface area contributed by atoms with E-state index in [4.69, 9.17) is 23.2 Å². The van der Waals surface area contributed by atoms with Crippen molar-refractivity contribution in [3.63, 3.8) is 0 Å². The Hall–Kier alpha value is -2.99. The highest BCUT2D eigenvalue weighted by Gasteiger charge is 2.41. The van der Waals surface area contributed by atoms with Crippen LogP contribution in [0.15, 0.2) is 77.8 Å². The molecule has 1 fully saturated rings. The number of nitrogens with one attached hydrogen (secondary N) is 1. The van der Waals surface area contributed by atoms with E-state index in [1.807, 2.05) is 73.8 Å². The third kappa shape index (κ3) is 5.24. The van der Waals surface area contributed by atoms with Gasteiger partial charge < -0.3 is 10.2 Å². The number of Topliss-reactive ketones (excluding diaryl/α,β-unsaturated/α-hetero) is 1. The summed E-state index contributed by atoms with van der Waals surface area (Å²) in [6.07, 6.45) is 3.54. The van der Waals surface area contributed by atoms with Crippen molar-refractivity contribution in [2.24, 2.45) is 4.99 Å². The molecule has 1 heterocycles. The molecule has 2 aliphatic rings. The summed E-state index contributed by atoms with van der Waals surface area (Å²) in [5, 5.41) is 4.50. The fourth-order valence-electron chi connectivity index (χ4n) is 4.83. The maximum atomic E-state index is 12.2. The molecule has 1 unspecified atom stereocenters. The van der Waals surface area contributed by atoms with Gasteiger partial charge in [-0.15, -0.1) is 0 Å². The molecule has 3 aromatic carbocycles. The summed E-state index contributed by atoms with van der Waals surface area (Å²) in [5.74, 6) is 0.230. The van der Waals surface area contributed by atoms with Crippen molar-refractivity contribution < 1.29 is 9.59 Å². The number of hydrogen-bond donors (Lipinski definition) is 1. The van der Waals surface area contributed by atoms with Gasteiger partial charge in [0.05, 0.1) is 11.4 Å². The highest BCUT2D eigenvalue weighted by molar-refractivity contribution is 6.32. The van der Waals surface area contributed by atoms with Crippen LogP contribution in [0.1, 0.15) is 42.4 Å². The first-order valence-corrected chi connectivity index (χ1v) is 12.8. The minimum Gasteiger partial charge on any atom is -0.313 e. The van der Waals surface area contributed by atoms with Crippen LogP contribution in [0.5, 0.6) is 0 Å². The molecule has 1 N–H and O–H groups in total. The Morgan fingerprint density at radius 1 is 0.944 bits per heavy atom. The van der Waals surface area contributed by atoms with Crippen molar-refractivity contribution in [1.82, 2.24) is 5.32 Å². The predicted octanol–water partition coefficient (Wildman–Crippen LogP) is 6.05. The molecule has 0 saturated heterocycles. The number of hydrogen-bond acceptors (Lipinski definition) is 4. The van der Waals surface area contributed by atoms with Crippen molar-refractivity contribution in [1.29, 1.82) is 0 Å². The summed E-state index contributed by atoms with van der Waals surface area (Å²) < 4.78 is 0. The van der Waals surface area contributed by atoms with Gasteiger partial charge in [-0.05, 0) is 49.7 Å². The summed E-state index contributed by atoms with van der Waals surface area (Å²) in [7, 11) is 3.60. The summed E-state index contributed by atoms with van der Waals surface area (Å²) in [6, 6.07) is 23.0. The van der Waals surface area contributed by atoms with E-state index >= 15 is 0 Å². The largest absolute Gasteiger partial charge is 0.313 e. The average Bonchev–Trinajstić information content (AvgIpc) is 3.02. The van der Waals surface area contributed by atoms with Crippen LogP contribution in [-0.2, 0) is 15.1 Å². The quantitative estimate of drug-likeness (QED) is 0.456. The monoisotopic (exact) mass is 521 g/mol. The summed E-state index contributed by atoms with van der Waals surface area (Å²) in [5.41, 5.74) is 3.87. The van der Waals surface area contributed by atoms with Gasteiger partial charge >= 0.3 is 0 Å². The lowest BCUT2D eigenvalue weighted by Crippen LogP contribution is -2.49. The first kappa shape index (κ1) is 26.1. The molecule has 0 spiro atoms. The maximum Gasteiger partial charge on any atom is 0.248 e. The Labute approximate surface area is 222 Å². The predicted molar refractivity (Wildman–Crippen MR) is 147 cm³/mol. The highest BCUT2D eigenvalue weighted by atomic mass is 35.5. The van der Waals surface area contributed by atoms with E-state index in [-0.39, 0.29) is 18.2 Å². The molecule has 1 atom stereocenters. The van der Waals surface area contributed by atoms with Crippen molar-refractivity contribution in [2.45, 2.75) is 31.2 Å². The van der Waals surface area contributed by atoms with Crippen molar-refractivity contribution in [2.75, 3.05) is 25.5 Å². The number of anilines is 1. The van der Waals surface area contributed by atoms with Crippen LogP contribution in [0.25, 0.3) is 0 Å². The number of likely N-dealkylation sites (N-methyl/N-ethyl adjacent to an activating group) is 2.